The minimum absolute atomic E-state index is 2.14. The van der Waals surface area contributed by atoms with Crippen LogP contribution in [0, 0.1) is 0 Å². The van der Waals surface area contributed by atoms with Crippen molar-refractivity contribution in [1.29, 1.82) is 0 Å². The van der Waals surface area contributed by atoms with Crippen molar-refractivity contribution in [2.75, 3.05) is 0 Å². The number of hydrogen-bond acceptors (Lipinski definition) is 0. The van der Waals surface area contributed by atoms with E-state index in [1.807, 2.05) is 0 Å². The average molecular weight is 174 g/mol. The quantitative estimate of drug-likeness (QED) is 0.495. The largest absolute Gasteiger partial charge is 0.335 e. The highest BCUT2D eigenvalue weighted by Crippen LogP contribution is 2.51. The fourth-order valence-electron chi connectivity index (χ4n) is 0.634. The second-order valence-electron chi connectivity index (χ2n) is 1.84. The summed E-state index contributed by atoms with van der Waals surface area (Å²) in [5.74, 6) is -9.03. The molecule has 0 aromatic carbocycles. The molecule has 11 heavy (non-hydrogen) atoms. The normalized spacial score (nSPS) is 21.8. The van der Waals surface area contributed by atoms with E-state index >= 15 is 0 Å². The Hall–Kier alpha value is -0.940. The molecule has 0 aromatic rings. The zero-order chi connectivity index (χ0) is 8.81. The average Bonchev–Trinajstić information content (AvgIpc) is 1.85. The fourth-order valence-corrected chi connectivity index (χ4v) is 0.634. The highest BCUT2D eigenvalue weighted by atomic mass is 19.3. The number of halogens is 6. The second-order valence-corrected chi connectivity index (χ2v) is 1.84. The number of rotatable bonds is 0. The van der Waals surface area contributed by atoms with Crippen molar-refractivity contribution >= 4 is 0 Å². The Kier molecular flexibility index (Phi) is 1.50. The van der Waals surface area contributed by atoms with Gasteiger partial charge in [-0.2, -0.15) is 17.6 Å². The van der Waals surface area contributed by atoms with Crippen LogP contribution in [0.15, 0.2) is 23.3 Å². The minimum atomic E-state index is -4.44. The van der Waals surface area contributed by atoms with Crippen LogP contribution in [-0.4, -0.2) is 5.92 Å². The molecule has 0 bridgehead atoms. The molecule has 0 N–H and O–H groups in total. The molecule has 1 aliphatic carbocycles. The molecule has 0 heterocycles. The Balaban J connectivity index is 3.21. The maximum atomic E-state index is 11.9. The molecule has 0 aromatic heterocycles. The monoisotopic (exact) mass is 174 g/mol. The van der Waals surface area contributed by atoms with E-state index in [4.69, 9.17) is 0 Å². The van der Waals surface area contributed by atoms with Gasteiger partial charge in [-0.05, 0) is 0 Å². The first kappa shape index (κ1) is 8.16. The lowest BCUT2D eigenvalue weighted by Gasteiger charge is -2.24. The number of alkyl halides is 2. The van der Waals surface area contributed by atoms with Gasteiger partial charge in [0.2, 0.25) is 5.83 Å². The van der Waals surface area contributed by atoms with Crippen molar-refractivity contribution in [1.82, 2.24) is 0 Å². The molecule has 0 nitrogen and oxygen atoms in total. The van der Waals surface area contributed by atoms with Crippen LogP contribution in [0.1, 0.15) is 0 Å². The van der Waals surface area contributed by atoms with E-state index in [9.17, 15) is 26.3 Å². The predicted octanol–water partition coefficient (Wildman–Crippen LogP) is 2.94. The molecule has 62 valence electrons. The van der Waals surface area contributed by atoms with Gasteiger partial charge in [-0.3, -0.25) is 0 Å². The summed E-state index contributed by atoms with van der Waals surface area (Å²) in [4.78, 5) is 0. The Labute approximate surface area is 56.8 Å². The molecule has 0 spiro atoms. The van der Waals surface area contributed by atoms with Gasteiger partial charge in [-0.15, -0.1) is 0 Å². The molecule has 0 saturated heterocycles. The van der Waals surface area contributed by atoms with Gasteiger partial charge in [0, 0.05) is 0 Å². The summed E-state index contributed by atoms with van der Waals surface area (Å²) in [6.07, 6.45) is -2.89. The molecule has 0 atom stereocenters. The van der Waals surface area contributed by atoms with Crippen LogP contribution in [0.5, 0.6) is 0 Å². The predicted molar refractivity (Wildman–Crippen MR) is 23.4 cm³/mol. The zero-order valence-corrected chi connectivity index (χ0v) is 4.77. The zero-order valence-electron chi connectivity index (χ0n) is 4.77. The van der Waals surface area contributed by atoms with Crippen molar-refractivity contribution in [3.8, 4) is 0 Å². The van der Waals surface area contributed by atoms with Gasteiger partial charge < -0.3 is 0 Å². The number of allylic oxidation sites excluding steroid dienone is 3. The Morgan fingerprint density at radius 2 is 1.55 bits per heavy atom. The van der Waals surface area contributed by atoms with Crippen LogP contribution < -0.4 is 0 Å². The van der Waals surface area contributed by atoms with E-state index in [1.54, 1.807) is 0 Å². The molecule has 0 amide bonds. The van der Waals surface area contributed by atoms with E-state index in [2.05, 4.69) is 0 Å². The van der Waals surface area contributed by atoms with Gasteiger partial charge in [0.15, 0.2) is 5.83 Å². The van der Waals surface area contributed by atoms with Gasteiger partial charge >= 0.3 is 5.92 Å². The first-order valence-electron chi connectivity index (χ1n) is 2.38. The van der Waals surface area contributed by atoms with E-state index in [0.29, 0.717) is 0 Å². The molecular weight excluding hydrogens is 174 g/mol. The van der Waals surface area contributed by atoms with Crippen LogP contribution in [0.4, 0.5) is 26.3 Å². The maximum Gasteiger partial charge on any atom is 0.335 e. The van der Waals surface area contributed by atoms with Crippen LogP contribution in [0.25, 0.3) is 0 Å². The molecule has 0 saturated carbocycles. The Morgan fingerprint density at radius 3 is 1.73 bits per heavy atom. The summed E-state index contributed by atoms with van der Waals surface area (Å²) in [6, 6.07) is 0. The van der Waals surface area contributed by atoms with Crippen LogP contribution in [-0.2, 0) is 0 Å². The first-order chi connectivity index (χ1) is 4.89. The van der Waals surface area contributed by atoms with E-state index in [1.165, 1.54) is 0 Å². The highest BCUT2D eigenvalue weighted by molar-refractivity contribution is 5.51. The van der Waals surface area contributed by atoms with Crippen molar-refractivity contribution in [3.63, 3.8) is 0 Å². The second kappa shape index (κ2) is 2.02. The number of hydrogen-bond donors (Lipinski definition) is 0. The molecule has 1 aliphatic rings. The minimum Gasteiger partial charge on any atom is -0.203 e. The fraction of sp³-hybridized carbons (Fsp3) is 0.200. The molecule has 0 unspecified atom stereocenters. The molecule has 0 aliphatic heterocycles. The van der Waals surface area contributed by atoms with E-state index < -0.39 is 29.2 Å². The van der Waals surface area contributed by atoms with Crippen molar-refractivity contribution in [3.05, 3.63) is 23.3 Å². The van der Waals surface area contributed by atoms with Crippen LogP contribution in [0.2, 0.25) is 0 Å². The third kappa shape index (κ3) is 0.849. The van der Waals surface area contributed by atoms with E-state index in [0.717, 1.165) is 0 Å². The third-order valence-electron chi connectivity index (χ3n) is 1.19. The first-order valence-corrected chi connectivity index (χ1v) is 2.38. The van der Waals surface area contributed by atoms with Gasteiger partial charge in [0.05, 0.1) is 0 Å². The molecular formula is C5F6. The molecule has 0 fully saturated rings. The summed E-state index contributed by atoms with van der Waals surface area (Å²) in [7, 11) is 0. The molecule has 1 rings (SSSR count). The Bertz CT molecular complexity index is 256. The van der Waals surface area contributed by atoms with Crippen molar-refractivity contribution < 1.29 is 26.3 Å². The summed E-state index contributed by atoms with van der Waals surface area (Å²) in [5, 5.41) is 0. The summed E-state index contributed by atoms with van der Waals surface area (Å²) >= 11 is 0. The molecule has 0 radical (unpaired) electrons. The maximum absolute atomic E-state index is 11.9. The highest BCUT2D eigenvalue weighted by Gasteiger charge is 2.57. The summed E-state index contributed by atoms with van der Waals surface area (Å²) in [5.41, 5.74) is -2.14. The summed E-state index contributed by atoms with van der Waals surface area (Å²) in [6.45, 7) is 0. The lowest BCUT2D eigenvalue weighted by Crippen LogP contribution is -2.31. The van der Waals surface area contributed by atoms with Crippen molar-refractivity contribution in [2.45, 2.75) is 5.92 Å². The Morgan fingerprint density at radius 1 is 1.09 bits per heavy atom. The molecule has 6 heteroatoms. The van der Waals surface area contributed by atoms with Gasteiger partial charge in [-0.1, -0.05) is 0 Å². The van der Waals surface area contributed by atoms with Gasteiger partial charge in [0.1, 0.15) is 5.57 Å². The van der Waals surface area contributed by atoms with Gasteiger partial charge in [0.25, 0.3) is 6.08 Å². The smallest absolute Gasteiger partial charge is 0.203 e. The van der Waals surface area contributed by atoms with Crippen LogP contribution >= 0.6 is 0 Å². The third-order valence-corrected chi connectivity index (χ3v) is 1.19. The summed E-state index contributed by atoms with van der Waals surface area (Å²) < 4.78 is 70.0. The topological polar surface area (TPSA) is 0 Å². The van der Waals surface area contributed by atoms with Crippen molar-refractivity contribution in [2.24, 2.45) is 0 Å². The lowest BCUT2D eigenvalue weighted by molar-refractivity contribution is 0.0225. The lowest BCUT2D eigenvalue weighted by atomic mass is 9.96. The van der Waals surface area contributed by atoms with E-state index in [-0.39, 0.29) is 0 Å². The van der Waals surface area contributed by atoms with Crippen LogP contribution in [0.3, 0.4) is 0 Å². The SMILES string of the molecule is FC(F)=C1C(F)=C(F)C1(F)F. The standard InChI is InChI=1S/C5F6/c6-2-1(4(8)9)5(10,11)3(2)7. The van der Waals surface area contributed by atoms with Gasteiger partial charge in [-0.25, -0.2) is 8.78 Å².